The second kappa shape index (κ2) is 8.80. The Morgan fingerprint density at radius 3 is 2.52 bits per heavy atom. The molecule has 2 aromatic rings. The first-order valence-electron chi connectivity index (χ1n) is 10.7. The van der Waals surface area contributed by atoms with Crippen molar-refractivity contribution in [1.82, 2.24) is 4.31 Å². The first kappa shape index (κ1) is 21.5. The van der Waals surface area contributed by atoms with E-state index >= 15 is 0 Å². The number of nitrogens with one attached hydrogen (secondary N) is 1. The Kier molecular flexibility index (Phi) is 6.11. The van der Waals surface area contributed by atoms with Gasteiger partial charge in [-0.2, -0.15) is 4.31 Å². The van der Waals surface area contributed by atoms with Crippen molar-refractivity contribution in [3.05, 3.63) is 53.6 Å². The molecule has 0 bridgehead atoms. The fourth-order valence-electron chi connectivity index (χ4n) is 4.16. The highest BCUT2D eigenvalue weighted by atomic mass is 32.2. The van der Waals surface area contributed by atoms with E-state index in [1.54, 1.807) is 54.3 Å². The molecule has 0 aliphatic carbocycles. The fraction of sp³-hybridized carbons (Fsp3) is 0.391. The lowest BCUT2D eigenvalue weighted by Crippen LogP contribution is -2.36. The van der Waals surface area contributed by atoms with Gasteiger partial charge in [0.2, 0.25) is 15.9 Å². The van der Waals surface area contributed by atoms with E-state index in [9.17, 15) is 18.0 Å². The van der Waals surface area contributed by atoms with Crippen LogP contribution in [-0.2, 0) is 21.2 Å². The predicted molar refractivity (Wildman–Crippen MR) is 120 cm³/mol. The van der Waals surface area contributed by atoms with E-state index in [0.29, 0.717) is 42.2 Å². The van der Waals surface area contributed by atoms with Crippen molar-refractivity contribution >= 4 is 33.2 Å². The Morgan fingerprint density at radius 1 is 1.00 bits per heavy atom. The summed E-state index contributed by atoms with van der Waals surface area (Å²) in [7, 11) is -3.49. The van der Waals surface area contributed by atoms with Gasteiger partial charge in [0.1, 0.15) is 0 Å². The fourth-order valence-corrected chi connectivity index (χ4v) is 5.73. The van der Waals surface area contributed by atoms with E-state index in [2.05, 4.69) is 5.32 Å². The molecule has 1 saturated heterocycles. The number of carbonyl (C=O) groups excluding carboxylic acids is 2. The third-order valence-electron chi connectivity index (χ3n) is 5.83. The van der Waals surface area contributed by atoms with E-state index in [1.807, 2.05) is 0 Å². The number of sulfonamides is 1. The Balaban J connectivity index is 1.61. The predicted octanol–water partition coefficient (Wildman–Crippen LogP) is 3.41. The van der Waals surface area contributed by atoms with E-state index in [1.165, 1.54) is 4.31 Å². The summed E-state index contributed by atoms with van der Waals surface area (Å²) >= 11 is 0. The van der Waals surface area contributed by atoms with Crippen molar-refractivity contribution in [2.45, 2.75) is 43.9 Å². The topological polar surface area (TPSA) is 86.8 Å². The number of nitrogens with zero attached hydrogens (tertiary/aromatic N) is 2. The van der Waals surface area contributed by atoms with Crippen molar-refractivity contribution in [2.75, 3.05) is 29.9 Å². The van der Waals surface area contributed by atoms with Gasteiger partial charge >= 0.3 is 0 Å². The number of hydrogen-bond acceptors (Lipinski definition) is 4. The molecule has 2 aromatic carbocycles. The van der Waals surface area contributed by atoms with Crippen LogP contribution in [0.3, 0.4) is 0 Å². The lowest BCUT2D eigenvalue weighted by atomic mass is 10.0. The van der Waals surface area contributed by atoms with Crippen LogP contribution in [0.2, 0.25) is 0 Å². The number of fused-ring (bicyclic) bond motifs is 1. The number of hydrogen-bond donors (Lipinski definition) is 1. The maximum Gasteiger partial charge on any atom is 0.258 e. The van der Waals surface area contributed by atoms with Crippen molar-refractivity contribution < 1.29 is 18.0 Å². The zero-order chi connectivity index (χ0) is 22.0. The number of carbonyl (C=O) groups is 2. The van der Waals surface area contributed by atoms with Crippen molar-refractivity contribution in [1.29, 1.82) is 0 Å². The van der Waals surface area contributed by atoms with E-state index in [4.69, 9.17) is 0 Å². The number of aryl methyl sites for hydroxylation is 1. The van der Waals surface area contributed by atoms with Crippen molar-refractivity contribution in [3.8, 4) is 0 Å². The summed E-state index contributed by atoms with van der Waals surface area (Å²) in [4.78, 5) is 26.9. The molecule has 1 N–H and O–H groups in total. The van der Waals surface area contributed by atoms with E-state index in [0.717, 1.165) is 36.9 Å². The molecule has 2 aliphatic heterocycles. The standard InChI is InChI=1S/C23H27N3O4S/c1-2-22(27)24-19-9-5-7-18(15-19)23(28)26-14-6-8-17-16-20(10-11-21(17)26)31(29,30)25-12-3-4-13-25/h5,7,9-11,15-16H,2-4,6,8,12-14H2,1H3,(H,24,27). The summed E-state index contributed by atoms with van der Waals surface area (Å²) in [5.74, 6) is -0.275. The summed E-state index contributed by atoms with van der Waals surface area (Å²) in [6, 6.07) is 12.0. The number of amides is 2. The monoisotopic (exact) mass is 441 g/mol. The smallest absolute Gasteiger partial charge is 0.258 e. The van der Waals surface area contributed by atoms with Gasteiger partial charge in [-0.3, -0.25) is 9.59 Å². The molecule has 164 valence electrons. The molecular weight excluding hydrogens is 414 g/mol. The molecule has 2 amide bonds. The maximum atomic E-state index is 13.2. The van der Waals surface area contributed by atoms with Crippen molar-refractivity contribution in [2.24, 2.45) is 0 Å². The van der Waals surface area contributed by atoms with Gasteiger partial charge in [-0.15, -0.1) is 0 Å². The van der Waals surface area contributed by atoms with Gasteiger partial charge in [-0.05, 0) is 67.6 Å². The average molecular weight is 442 g/mol. The SMILES string of the molecule is CCC(=O)Nc1cccc(C(=O)N2CCCc3cc(S(=O)(=O)N4CCCC4)ccc32)c1. The Hall–Kier alpha value is -2.71. The van der Waals surface area contributed by atoms with Crippen LogP contribution in [-0.4, -0.2) is 44.2 Å². The summed E-state index contributed by atoms with van der Waals surface area (Å²) in [6.07, 6.45) is 3.64. The van der Waals surface area contributed by atoms with Gasteiger partial charge in [0.25, 0.3) is 5.91 Å². The molecule has 2 heterocycles. The maximum absolute atomic E-state index is 13.2. The highest BCUT2D eigenvalue weighted by molar-refractivity contribution is 7.89. The average Bonchev–Trinajstić information content (AvgIpc) is 3.34. The highest BCUT2D eigenvalue weighted by Crippen LogP contribution is 2.32. The van der Waals surface area contributed by atoms with Crippen molar-refractivity contribution in [3.63, 3.8) is 0 Å². The van der Waals surface area contributed by atoms with Gasteiger partial charge in [-0.1, -0.05) is 13.0 Å². The van der Waals surface area contributed by atoms with Gasteiger partial charge < -0.3 is 10.2 Å². The number of benzene rings is 2. The van der Waals surface area contributed by atoms with E-state index in [-0.39, 0.29) is 11.8 Å². The van der Waals surface area contributed by atoms with Crippen LogP contribution in [0.5, 0.6) is 0 Å². The first-order chi connectivity index (χ1) is 14.9. The van der Waals surface area contributed by atoms with Gasteiger partial charge in [0.15, 0.2) is 0 Å². The molecule has 0 saturated carbocycles. The van der Waals surface area contributed by atoms with E-state index < -0.39 is 10.0 Å². The highest BCUT2D eigenvalue weighted by Gasteiger charge is 2.30. The third kappa shape index (κ3) is 4.36. The quantitative estimate of drug-likeness (QED) is 0.770. The lowest BCUT2D eigenvalue weighted by Gasteiger charge is -2.30. The van der Waals surface area contributed by atoms with Crippen LogP contribution in [0, 0.1) is 0 Å². The van der Waals surface area contributed by atoms with Gasteiger partial charge in [-0.25, -0.2) is 8.42 Å². The second-order valence-electron chi connectivity index (χ2n) is 7.94. The molecule has 4 rings (SSSR count). The minimum absolute atomic E-state index is 0.111. The molecule has 0 spiro atoms. The van der Waals surface area contributed by atoms with Crippen LogP contribution in [0.15, 0.2) is 47.4 Å². The molecule has 8 heteroatoms. The Morgan fingerprint density at radius 2 is 1.77 bits per heavy atom. The molecule has 0 atom stereocenters. The van der Waals surface area contributed by atoms with Gasteiger partial charge in [0, 0.05) is 43.0 Å². The lowest BCUT2D eigenvalue weighted by molar-refractivity contribution is -0.115. The first-order valence-corrected chi connectivity index (χ1v) is 12.2. The van der Waals surface area contributed by atoms with Crippen LogP contribution in [0.25, 0.3) is 0 Å². The number of rotatable bonds is 5. The van der Waals surface area contributed by atoms with Crippen LogP contribution >= 0.6 is 0 Å². The van der Waals surface area contributed by atoms with Crippen LogP contribution in [0.4, 0.5) is 11.4 Å². The van der Waals surface area contributed by atoms with Gasteiger partial charge in [0.05, 0.1) is 4.90 Å². The molecule has 0 aromatic heterocycles. The van der Waals surface area contributed by atoms with Crippen LogP contribution < -0.4 is 10.2 Å². The normalized spacial score (nSPS) is 16.7. The van der Waals surface area contributed by atoms with Crippen LogP contribution in [0.1, 0.15) is 48.5 Å². The summed E-state index contributed by atoms with van der Waals surface area (Å²) in [5.41, 5.74) is 2.69. The molecular formula is C23H27N3O4S. The zero-order valence-electron chi connectivity index (χ0n) is 17.6. The summed E-state index contributed by atoms with van der Waals surface area (Å²) < 4.78 is 27.4. The molecule has 7 nitrogen and oxygen atoms in total. The second-order valence-corrected chi connectivity index (χ2v) is 9.88. The zero-order valence-corrected chi connectivity index (χ0v) is 18.5. The Bertz CT molecular complexity index is 1110. The minimum Gasteiger partial charge on any atom is -0.326 e. The molecule has 31 heavy (non-hydrogen) atoms. The third-order valence-corrected chi connectivity index (χ3v) is 7.73. The molecule has 0 unspecified atom stereocenters. The summed E-state index contributed by atoms with van der Waals surface area (Å²) in [6.45, 7) is 3.46. The molecule has 1 fully saturated rings. The summed E-state index contributed by atoms with van der Waals surface area (Å²) in [5, 5.41) is 2.78. The number of anilines is 2. The minimum atomic E-state index is -3.49. The largest absolute Gasteiger partial charge is 0.326 e. The molecule has 0 radical (unpaired) electrons. The molecule has 2 aliphatic rings. The Labute approximate surface area is 183 Å².